The molecule has 3 nitrogen and oxygen atoms in total. The molecule has 0 bridgehead atoms. The molecule has 1 aromatic heterocycles. The standard InChI is InChI=1S/C12H6Cl2FNO2/c13-7-1-6(2-8(14)3-7)11-4-9(12(17)18)10(15)5-16-11/h1-5H,(H,17,18). The van der Waals surface area contributed by atoms with E-state index in [1.54, 1.807) is 12.1 Å². The first-order valence-electron chi connectivity index (χ1n) is 4.82. The van der Waals surface area contributed by atoms with Crippen LogP contribution in [0.3, 0.4) is 0 Å². The van der Waals surface area contributed by atoms with Gasteiger partial charge in [0.2, 0.25) is 0 Å². The van der Waals surface area contributed by atoms with Gasteiger partial charge in [-0.2, -0.15) is 0 Å². The van der Waals surface area contributed by atoms with E-state index in [-0.39, 0.29) is 0 Å². The van der Waals surface area contributed by atoms with Gasteiger partial charge in [0.05, 0.1) is 17.5 Å². The van der Waals surface area contributed by atoms with Crippen molar-refractivity contribution < 1.29 is 14.3 Å². The molecule has 0 amide bonds. The molecular weight excluding hydrogens is 280 g/mol. The maximum absolute atomic E-state index is 13.2. The van der Waals surface area contributed by atoms with Crippen LogP contribution in [0.5, 0.6) is 0 Å². The number of carbonyl (C=O) groups is 1. The lowest BCUT2D eigenvalue weighted by Gasteiger charge is -2.04. The van der Waals surface area contributed by atoms with Crippen LogP contribution in [0.1, 0.15) is 10.4 Å². The van der Waals surface area contributed by atoms with Crippen LogP contribution in [-0.2, 0) is 0 Å². The van der Waals surface area contributed by atoms with E-state index in [0.717, 1.165) is 12.3 Å². The van der Waals surface area contributed by atoms with Crippen LogP contribution >= 0.6 is 23.2 Å². The molecule has 1 heterocycles. The number of benzene rings is 1. The minimum absolute atomic E-state index is 0.290. The van der Waals surface area contributed by atoms with Crippen LogP contribution in [-0.4, -0.2) is 16.1 Å². The summed E-state index contributed by atoms with van der Waals surface area (Å²) in [4.78, 5) is 14.6. The van der Waals surface area contributed by atoms with Crippen molar-refractivity contribution in [1.29, 1.82) is 0 Å². The highest BCUT2D eigenvalue weighted by atomic mass is 35.5. The SMILES string of the molecule is O=C(O)c1cc(-c2cc(Cl)cc(Cl)c2)ncc1F. The Hall–Kier alpha value is -1.65. The average molecular weight is 286 g/mol. The van der Waals surface area contributed by atoms with Crippen molar-refractivity contribution in [2.24, 2.45) is 0 Å². The molecule has 0 aliphatic carbocycles. The number of nitrogens with zero attached hydrogens (tertiary/aromatic N) is 1. The molecule has 0 unspecified atom stereocenters. The lowest BCUT2D eigenvalue weighted by atomic mass is 10.1. The highest BCUT2D eigenvalue weighted by Gasteiger charge is 2.13. The van der Waals surface area contributed by atoms with E-state index in [0.29, 0.717) is 21.3 Å². The first-order valence-corrected chi connectivity index (χ1v) is 5.58. The van der Waals surface area contributed by atoms with Gasteiger partial charge in [-0.15, -0.1) is 0 Å². The smallest absolute Gasteiger partial charge is 0.338 e. The quantitative estimate of drug-likeness (QED) is 0.911. The van der Waals surface area contributed by atoms with Crippen molar-refractivity contribution in [3.8, 4) is 11.3 Å². The maximum atomic E-state index is 13.2. The first kappa shape index (κ1) is 12.8. The van der Waals surface area contributed by atoms with Gasteiger partial charge >= 0.3 is 5.97 Å². The zero-order chi connectivity index (χ0) is 13.3. The Morgan fingerprint density at radius 2 is 1.78 bits per heavy atom. The van der Waals surface area contributed by atoms with Crippen LogP contribution in [0.2, 0.25) is 10.0 Å². The first-order chi connectivity index (χ1) is 8.47. The summed E-state index contributed by atoms with van der Waals surface area (Å²) < 4.78 is 13.2. The molecule has 1 aromatic carbocycles. The van der Waals surface area contributed by atoms with Gasteiger partial charge in [0.25, 0.3) is 0 Å². The molecule has 0 radical (unpaired) electrons. The van der Waals surface area contributed by atoms with Crippen LogP contribution in [0.15, 0.2) is 30.5 Å². The molecule has 0 spiro atoms. The lowest BCUT2D eigenvalue weighted by Crippen LogP contribution is -2.02. The van der Waals surface area contributed by atoms with E-state index in [2.05, 4.69) is 4.98 Å². The van der Waals surface area contributed by atoms with Gasteiger partial charge in [-0.05, 0) is 24.3 Å². The Bertz CT molecular complexity index is 611. The molecule has 6 heteroatoms. The van der Waals surface area contributed by atoms with E-state index in [9.17, 15) is 9.18 Å². The summed E-state index contributed by atoms with van der Waals surface area (Å²) in [6, 6.07) is 5.81. The third-order valence-corrected chi connectivity index (χ3v) is 2.68. The number of hydrogen-bond acceptors (Lipinski definition) is 2. The topological polar surface area (TPSA) is 50.2 Å². The van der Waals surface area contributed by atoms with Gasteiger partial charge in [-0.3, -0.25) is 4.98 Å². The van der Waals surface area contributed by atoms with Gasteiger partial charge in [0.15, 0.2) is 5.82 Å². The van der Waals surface area contributed by atoms with Gasteiger partial charge in [-0.1, -0.05) is 23.2 Å². The Balaban J connectivity index is 2.57. The second-order valence-electron chi connectivity index (χ2n) is 3.51. The molecule has 92 valence electrons. The Kier molecular flexibility index (Phi) is 3.50. The van der Waals surface area contributed by atoms with Crippen molar-refractivity contribution in [2.45, 2.75) is 0 Å². The van der Waals surface area contributed by atoms with Crippen molar-refractivity contribution >= 4 is 29.2 Å². The molecule has 0 aliphatic heterocycles. The molecular formula is C12H6Cl2FNO2. The fourth-order valence-electron chi connectivity index (χ4n) is 1.46. The minimum atomic E-state index is -1.36. The third kappa shape index (κ3) is 2.60. The zero-order valence-corrected chi connectivity index (χ0v) is 10.3. The minimum Gasteiger partial charge on any atom is -0.478 e. The summed E-state index contributed by atoms with van der Waals surface area (Å²) in [5.41, 5.74) is 0.365. The summed E-state index contributed by atoms with van der Waals surface area (Å²) >= 11 is 11.7. The third-order valence-electron chi connectivity index (χ3n) is 2.24. The molecule has 0 fully saturated rings. The number of carboxylic acid groups (broad SMARTS) is 1. The monoisotopic (exact) mass is 285 g/mol. The van der Waals surface area contributed by atoms with Crippen molar-refractivity contribution in [1.82, 2.24) is 4.98 Å². The molecule has 0 atom stereocenters. The number of carboxylic acids is 1. The van der Waals surface area contributed by atoms with E-state index in [1.165, 1.54) is 6.07 Å². The van der Waals surface area contributed by atoms with E-state index < -0.39 is 17.3 Å². The van der Waals surface area contributed by atoms with Crippen molar-refractivity contribution in [3.63, 3.8) is 0 Å². The lowest BCUT2D eigenvalue weighted by molar-refractivity contribution is 0.0691. The average Bonchev–Trinajstić information content (AvgIpc) is 2.27. The van der Waals surface area contributed by atoms with E-state index in [1.807, 2.05) is 0 Å². The summed E-state index contributed by atoms with van der Waals surface area (Å²) in [7, 11) is 0. The summed E-state index contributed by atoms with van der Waals surface area (Å²) in [5.74, 6) is -2.25. The van der Waals surface area contributed by atoms with Crippen molar-refractivity contribution in [2.75, 3.05) is 0 Å². The number of pyridine rings is 1. The molecule has 2 aromatic rings. The highest BCUT2D eigenvalue weighted by Crippen LogP contribution is 2.26. The van der Waals surface area contributed by atoms with E-state index >= 15 is 0 Å². The molecule has 18 heavy (non-hydrogen) atoms. The fourth-order valence-corrected chi connectivity index (χ4v) is 1.99. The Morgan fingerprint density at radius 1 is 1.17 bits per heavy atom. The maximum Gasteiger partial charge on any atom is 0.338 e. The highest BCUT2D eigenvalue weighted by molar-refractivity contribution is 6.35. The number of rotatable bonds is 2. The molecule has 0 saturated heterocycles. The van der Waals surface area contributed by atoms with Gasteiger partial charge < -0.3 is 5.11 Å². The van der Waals surface area contributed by atoms with Gasteiger partial charge in [-0.25, -0.2) is 9.18 Å². The van der Waals surface area contributed by atoms with Crippen LogP contribution in [0.25, 0.3) is 11.3 Å². The van der Waals surface area contributed by atoms with Crippen LogP contribution < -0.4 is 0 Å². The summed E-state index contributed by atoms with van der Waals surface area (Å²) in [6.45, 7) is 0. The predicted molar refractivity (Wildman–Crippen MR) is 66.6 cm³/mol. The second-order valence-corrected chi connectivity index (χ2v) is 4.39. The molecule has 0 saturated carbocycles. The largest absolute Gasteiger partial charge is 0.478 e. The zero-order valence-electron chi connectivity index (χ0n) is 8.82. The number of aromatic carboxylic acids is 1. The molecule has 1 N–H and O–H groups in total. The predicted octanol–water partition coefficient (Wildman–Crippen LogP) is 3.89. The van der Waals surface area contributed by atoms with Crippen LogP contribution in [0, 0.1) is 5.82 Å². The Morgan fingerprint density at radius 3 is 2.33 bits per heavy atom. The van der Waals surface area contributed by atoms with Crippen LogP contribution in [0.4, 0.5) is 4.39 Å². The number of hydrogen-bond donors (Lipinski definition) is 1. The number of halogens is 3. The van der Waals surface area contributed by atoms with E-state index in [4.69, 9.17) is 28.3 Å². The van der Waals surface area contributed by atoms with Gasteiger partial charge in [0.1, 0.15) is 0 Å². The normalized spacial score (nSPS) is 10.4. The van der Waals surface area contributed by atoms with Crippen molar-refractivity contribution in [3.05, 3.63) is 51.9 Å². The number of aromatic nitrogens is 1. The summed E-state index contributed by atoms with van der Waals surface area (Å²) in [6.07, 6.45) is 0.855. The fraction of sp³-hybridized carbons (Fsp3) is 0. The Labute approximate surface area is 112 Å². The van der Waals surface area contributed by atoms with Gasteiger partial charge in [0, 0.05) is 15.6 Å². The second kappa shape index (κ2) is 4.92. The molecule has 2 rings (SSSR count). The molecule has 0 aliphatic rings. The summed E-state index contributed by atoms with van der Waals surface area (Å²) in [5, 5.41) is 9.60.